The van der Waals surface area contributed by atoms with Crippen molar-refractivity contribution < 1.29 is 4.79 Å². The summed E-state index contributed by atoms with van der Waals surface area (Å²) < 4.78 is 0. The Morgan fingerprint density at radius 2 is 1.69 bits per heavy atom. The summed E-state index contributed by atoms with van der Waals surface area (Å²) >= 11 is 2.11. The lowest BCUT2D eigenvalue weighted by Gasteiger charge is -2.68. The number of hydrogen-bond donors (Lipinski definition) is 2. The van der Waals surface area contributed by atoms with Crippen LogP contribution >= 0.6 is 11.8 Å². The number of aldehydes is 1. The lowest BCUT2D eigenvalue weighted by molar-refractivity contribution is -0.172. The van der Waals surface area contributed by atoms with Gasteiger partial charge in [-0.25, -0.2) is 0 Å². The fraction of sp³-hybridized carbons (Fsp3) is 0.763. The van der Waals surface area contributed by atoms with Crippen molar-refractivity contribution in [3.8, 4) is 0 Å². The normalized spacial score (nSPS) is 44.0. The van der Waals surface area contributed by atoms with E-state index in [0.29, 0.717) is 22.3 Å². The van der Waals surface area contributed by atoms with Gasteiger partial charge >= 0.3 is 0 Å². The smallest absolute Gasteiger partial charge is 0.150 e. The van der Waals surface area contributed by atoms with Gasteiger partial charge < -0.3 is 10.6 Å². The average molecular weight is 589 g/mol. The Morgan fingerprint density at radius 3 is 2.45 bits per heavy atom. The van der Waals surface area contributed by atoms with Gasteiger partial charge in [-0.15, -0.1) is 0 Å². The van der Waals surface area contributed by atoms with E-state index in [2.05, 4.69) is 68.3 Å². The summed E-state index contributed by atoms with van der Waals surface area (Å²) in [6.07, 6.45) is 19.0. The van der Waals surface area contributed by atoms with E-state index in [1.165, 1.54) is 93.3 Å². The van der Waals surface area contributed by atoms with Crippen LogP contribution in [0, 0.1) is 45.8 Å². The topological polar surface area (TPSA) is 41.1 Å². The van der Waals surface area contributed by atoms with E-state index in [4.69, 9.17) is 0 Å². The molecule has 230 valence electrons. The van der Waals surface area contributed by atoms with Gasteiger partial charge in [-0.05, 0) is 127 Å². The maximum absolute atomic E-state index is 11.3. The molecule has 7 rings (SSSR count). The van der Waals surface area contributed by atoms with Crippen molar-refractivity contribution in [3.63, 3.8) is 0 Å². The first kappa shape index (κ1) is 29.6. The van der Waals surface area contributed by atoms with Gasteiger partial charge in [0.1, 0.15) is 6.29 Å². The maximum Gasteiger partial charge on any atom is 0.150 e. The van der Waals surface area contributed by atoms with Crippen molar-refractivity contribution in [1.29, 1.82) is 0 Å². The molecule has 1 aliphatic heterocycles. The van der Waals surface area contributed by atoms with Crippen LogP contribution < -0.4 is 10.6 Å². The second-order valence-electron chi connectivity index (χ2n) is 16.4. The number of hydrogen-bond acceptors (Lipinski definition) is 4. The van der Waals surface area contributed by atoms with Crippen molar-refractivity contribution in [2.75, 3.05) is 24.6 Å². The van der Waals surface area contributed by atoms with E-state index >= 15 is 0 Å². The van der Waals surface area contributed by atoms with Crippen molar-refractivity contribution in [3.05, 3.63) is 41.5 Å². The molecule has 2 N–H and O–H groups in total. The molecule has 4 saturated carbocycles. The minimum Gasteiger partial charge on any atom is -0.312 e. The third-order valence-corrected chi connectivity index (χ3v) is 15.6. The summed E-state index contributed by atoms with van der Waals surface area (Å²) in [7, 11) is 0. The number of rotatable bonds is 7. The quantitative estimate of drug-likeness (QED) is 0.248. The van der Waals surface area contributed by atoms with Crippen molar-refractivity contribution in [1.82, 2.24) is 10.6 Å². The maximum atomic E-state index is 11.3. The largest absolute Gasteiger partial charge is 0.312 e. The minimum atomic E-state index is 0.149. The van der Waals surface area contributed by atoms with Gasteiger partial charge in [-0.3, -0.25) is 4.79 Å². The summed E-state index contributed by atoms with van der Waals surface area (Å²) in [5.74, 6) is 6.91. The highest BCUT2D eigenvalue weighted by Gasteiger charge is 2.65. The Labute approximate surface area is 260 Å². The van der Waals surface area contributed by atoms with Gasteiger partial charge in [0.05, 0.1) is 0 Å². The molecule has 0 amide bonds. The molecule has 6 aliphatic rings. The van der Waals surface area contributed by atoms with E-state index in [9.17, 15) is 4.79 Å². The summed E-state index contributed by atoms with van der Waals surface area (Å²) in [6, 6.07) is 9.12. The zero-order chi connectivity index (χ0) is 29.2. The van der Waals surface area contributed by atoms with Crippen LogP contribution in [-0.4, -0.2) is 42.5 Å². The van der Waals surface area contributed by atoms with Crippen LogP contribution in [0.1, 0.15) is 114 Å². The SMILES string of the molecule is CC1(C)C(c2ccc(C=O)cc2)=CC[C@@]2(C)C1CC[C@@]1(C)C3CC[C@@]4(NCCNC5CCSC5)CCCC4[C@H]3CCC12. The van der Waals surface area contributed by atoms with Gasteiger partial charge in [0, 0.05) is 36.0 Å². The van der Waals surface area contributed by atoms with E-state index < -0.39 is 0 Å². The highest BCUT2D eigenvalue weighted by Crippen LogP contribution is 2.72. The average Bonchev–Trinajstić information content (AvgIpc) is 3.65. The van der Waals surface area contributed by atoms with Crippen LogP contribution in [0.3, 0.4) is 0 Å². The minimum absolute atomic E-state index is 0.149. The van der Waals surface area contributed by atoms with Crippen LogP contribution in [0.25, 0.3) is 5.57 Å². The van der Waals surface area contributed by atoms with Crippen molar-refractivity contribution >= 4 is 23.6 Å². The number of allylic oxidation sites excluding steroid dienone is 2. The first-order valence-corrected chi connectivity index (χ1v) is 18.7. The zero-order valence-electron chi connectivity index (χ0n) is 26.9. The molecule has 9 atom stereocenters. The zero-order valence-corrected chi connectivity index (χ0v) is 27.7. The molecule has 3 nitrogen and oxygen atoms in total. The second-order valence-corrected chi connectivity index (χ2v) is 17.6. The van der Waals surface area contributed by atoms with Gasteiger partial charge in [-0.2, -0.15) is 11.8 Å². The Kier molecular flexibility index (Phi) is 7.79. The van der Waals surface area contributed by atoms with Crippen LogP contribution in [0.2, 0.25) is 0 Å². The summed E-state index contributed by atoms with van der Waals surface area (Å²) in [6.45, 7) is 12.8. The number of fused-ring (bicyclic) bond motifs is 7. The van der Waals surface area contributed by atoms with Crippen LogP contribution in [0.4, 0.5) is 0 Å². The fourth-order valence-corrected chi connectivity index (χ4v) is 13.8. The van der Waals surface area contributed by atoms with Crippen LogP contribution in [-0.2, 0) is 0 Å². The van der Waals surface area contributed by atoms with Crippen LogP contribution in [0.15, 0.2) is 30.3 Å². The Balaban J connectivity index is 1.09. The molecule has 1 heterocycles. The number of carbonyl (C=O) groups excluding carboxylic acids is 1. The predicted molar refractivity (Wildman–Crippen MR) is 178 cm³/mol. The van der Waals surface area contributed by atoms with E-state index in [0.717, 1.165) is 54.7 Å². The third-order valence-electron chi connectivity index (χ3n) is 14.4. The van der Waals surface area contributed by atoms with E-state index in [1.807, 2.05) is 12.1 Å². The predicted octanol–water partition coefficient (Wildman–Crippen LogP) is 8.39. The molecule has 0 bridgehead atoms. The van der Waals surface area contributed by atoms with Gasteiger partial charge in [-0.1, -0.05) is 64.5 Å². The molecule has 0 spiro atoms. The number of benzene rings is 1. The molecule has 5 aliphatic carbocycles. The highest BCUT2D eigenvalue weighted by molar-refractivity contribution is 7.99. The summed E-state index contributed by atoms with van der Waals surface area (Å²) in [5, 5.41) is 8.08. The Hall–Kier alpha value is -1.10. The molecule has 0 aromatic heterocycles. The highest BCUT2D eigenvalue weighted by atomic mass is 32.2. The fourth-order valence-electron chi connectivity index (χ4n) is 12.6. The van der Waals surface area contributed by atoms with Gasteiger partial charge in [0.15, 0.2) is 0 Å². The first-order valence-electron chi connectivity index (χ1n) is 17.5. The molecule has 1 saturated heterocycles. The van der Waals surface area contributed by atoms with E-state index in [-0.39, 0.29) is 5.41 Å². The molecule has 5 fully saturated rings. The monoisotopic (exact) mass is 588 g/mol. The van der Waals surface area contributed by atoms with Gasteiger partial charge in [0.25, 0.3) is 0 Å². The summed E-state index contributed by atoms with van der Waals surface area (Å²) in [5.41, 5.74) is 5.03. The number of thioether (sulfide) groups is 1. The van der Waals surface area contributed by atoms with Crippen molar-refractivity contribution in [2.24, 2.45) is 45.8 Å². The number of nitrogens with one attached hydrogen (secondary N) is 2. The molecule has 4 heteroatoms. The molecule has 5 unspecified atom stereocenters. The van der Waals surface area contributed by atoms with Crippen LogP contribution in [0.5, 0.6) is 0 Å². The first-order chi connectivity index (χ1) is 20.2. The molecule has 42 heavy (non-hydrogen) atoms. The lowest BCUT2D eigenvalue weighted by atomic mass is 9.37. The summed E-state index contributed by atoms with van der Waals surface area (Å²) in [4.78, 5) is 11.3. The van der Waals surface area contributed by atoms with E-state index in [1.54, 1.807) is 0 Å². The molecule has 0 radical (unpaired) electrons. The molecule has 1 aromatic carbocycles. The lowest BCUT2D eigenvalue weighted by Crippen LogP contribution is -2.63. The Morgan fingerprint density at radius 1 is 0.857 bits per heavy atom. The third kappa shape index (κ3) is 4.63. The molecule has 1 aromatic rings. The van der Waals surface area contributed by atoms with Gasteiger partial charge in [0.2, 0.25) is 0 Å². The Bertz CT molecular complexity index is 1190. The number of carbonyl (C=O) groups is 1. The molecular formula is C38H56N2OS. The standard InChI is InChI=1S/C38H56N2OS/c1-35(2)30(27-9-7-26(24-41)8-10-27)13-18-37(4)33(35)15-19-36(3)31-14-20-38(40-22-21-39-28-16-23-42-25-28)17-5-6-32(38)29(31)11-12-34(36)37/h7-10,13,24,28-29,31-34,39-40H,5-6,11-12,14-23,25H2,1-4H3/t28?,29-,31?,32?,33?,34?,36-,37-,38-/m0/s1. The second kappa shape index (κ2) is 11.1. The molecular weight excluding hydrogens is 532 g/mol. The van der Waals surface area contributed by atoms with Crippen molar-refractivity contribution in [2.45, 2.75) is 110 Å².